The highest BCUT2D eigenvalue weighted by atomic mass is 19.1. The summed E-state index contributed by atoms with van der Waals surface area (Å²) in [4.78, 5) is 0. The van der Waals surface area contributed by atoms with E-state index < -0.39 is 0 Å². The summed E-state index contributed by atoms with van der Waals surface area (Å²) in [5.74, 6) is -0.230. The normalized spacial score (nSPS) is 10.3. The Labute approximate surface area is 168 Å². The van der Waals surface area contributed by atoms with Gasteiger partial charge in [-0.1, -0.05) is 94.3 Å². The number of aryl methyl sites for hydroxylation is 1. The van der Waals surface area contributed by atoms with Crippen molar-refractivity contribution in [3.8, 4) is 22.3 Å². The lowest BCUT2D eigenvalue weighted by Crippen LogP contribution is -1.89. The summed E-state index contributed by atoms with van der Waals surface area (Å²) in [5, 5.41) is 9.12. The van der Waals surface area contributed by atoms with Gasteiger partial charge < -0.3 is 5.11 Å². The summed E-state index contributed by atoms with van der Waals surface area (Å²) in [6.07, 6.45) is 4.81. The van der Waals surface area contributed by atoms with Crippen molar-refractivity contribution in [1.82, 2.24) is 0 Å². The molecule has 1 N–H and O–H groups in total. The number of unbranched alkanes of at least 4 members (excludes halogenated alkanes) is 2. The molecule has 3 rings (SSSR count). The van der Waals surface area contributed by atoms with E-state index in [-0.39, 0.29) is 12.4 Å². The van der Waals surface area contributed by atoms with Gasteiger partial charge >= 0.3 is 0 Å². The number of hydrogen-bond acceptors (Lipinski definition) is 1. The van der Waals surface area contributed by atoms with Crippen molar-refractivity contribution in [3.05, 3.63) is 83.7 Å². The van der Waals surface area contributed by atoms with Gasteiger partial charge in [-0.15, -0.1) is 0 Å². The van der Waals surface area contributed by atoms with Gasteiger partial charge in [0.15, 0.2) is 0 Å². The lowest BCUT2D eigenvalue weighted by molar-refractivity contribution is 0.282. The quantitative estimate of drug-likeness (QED) is 0.424. The molecule has 0 spiro atoms. The largest absolute Gasteiger partial charge is 0.392 e. The summed E-state index contributed by atoms with van der Waals surface area (Å²) >= 11 is 0. The fourth-order valence-corrected chi connectivity index (χ4v) is 3.16. The van der Waals surface area contributed by atoms with Gasteiger partial charge in [0.2, 0.25) is 0 Å². The number of halogens is 1. The van der Waals surface area contributed by atoms with Crippen molar-refractivity contribution in [2.24, 2.45) is 0 Å². The number of aliphatic hydroxyl groups excluding tert-OH is 1. The van der Waals surface area contributed by atoms with Gasteiger partial charge in [0.05, 0.1) is 6.61 Å². The molecule has 0 saturated carbocycles. The van der Waals surface area contributed by atoms with Crippen LogP contribution in [0.4, 0.5) is 4.39 Å². The van der Waals surface area contributed by atoms with E-state index in [4.69, 9.17) is 5.11 Å². The molecule has 1 nitrogen and oxygen atoms in total. The Hall–Kier alpha value is -2.45. The van der Waals surface area contributed by atoms with E-state index in [1.807, 2.05) is 50.2 Å². The Morgan fingerprint density at radius 2 is 1.29 bits per heavy atom. The Morgan fingerprint density at radius 1 is 0.714 bits per heavy atom. The van der Waals surface area contributed by atoms with E-state index in [1.165, 1.54) is 24.8 Å². The summed E-state index contributed by atoms with van der Waals surface area (Å²) in [6.45, 7) is 6.21. The molecule has 3 aromatic carbocycles. The molecule has 0 fully saturated rings. The van der Waals surface area contributed by atoms with E-state index in [2.05, 4.69) is 31.2 Å². The smallest absolute Gasteiger partial charge is 0.131 e. The molecular weight excluding hydrogens is 347 g/mol. The molecule has 0 aliphatic heterocycles. The molecule has 0 aliphatic rings. The van der Waals surface area contributed by atoms with Crippen LogP contribution in [-0.2, 0) is 13.0 Å². The molecule has 0 aromatic heterocycles. The molecule has 2 heteroatoms. The summed E-state index contributed by atoms with van der Waals surface area (Å²) < 4.78 is 14.6. The Balaban J connectivity index is 0.00000136. The fraction of sp³-hybridized carbons (Fsp3) is 0.308. The fourth-order valence-electron chi connectivity index (χ4n) is 3.16. The second-order valence-corrected chi connectivity index (χ2v) is 6.70. The first-order valence-electron chi connectivity index (χ1n) is 10.3. The van der Waals surface area contributed by atoms with Crippen molar-refractivity contribution in [3.63, 3.8) is 0 Å². The van der Waals surface area contributed by atoms with Gasteiger partial charge in [0, 0.05) is 5.56 Å². The summed E-state index contributed by atoms with van der Waals surface area (Å²) in [6, 6.07) is 21.1. The first-order valence-corrected chi connectivity index (χ1v) is 10.3. The van der Waals surface area contributed by atoms with Crippen LogP contribution in [0.3, 0.4) is 0 Å². The topological polar surface area (TPSA) is 20.2 Å². The van der Waals surface area contributed by atoms with E-state index in [1.54, 1.807) is 6.07 Å². The van der Waals surface area contributed by atoms with Crippen molar-refractivity contribution in [2.75, 3.05) is 0 Å². The molecule has 0 aliphatic carbocycles. The third-order valence-corrected chi connectivity index (χ3v) is 4.77. The predicted octanol–water partition coefficient (Wildman–Crippen LogP) is 7.41. The van der Waals surface area contributed by atoms with Crippen LogP contribution in [0.1, 0.15) is 51.2 Å². The third-order valence-electron chi connectivity index (χ3n) is 4.77. The minimum atomic E-state index is -0.230. The van der Waals surface area contributed by atoms with Gasteiger partial charge in [0.25, 0.3) is 0 Å². The number of hydrogen-bond donors (Lipinski definition) is 1. The Bertz CT molecular complexity index is 835. The lowest BCUT2D eigenvalue weighted by Gasteiger charge is -2.09. The van der Waals surface area contributed by atoms with Crippen LogP contribution in [0, 0.1) is 5.82 Å². The van der Waals surface area contributed by atoms with E-state index in [9.17, 15) is 4.39 Å². The molecule has 0 atom stereocenters. The second-order valence-electron chi connectivity index (χ2n) is 6.70. The van der Waals surface area contributed by atoms with Crippen molar-refractivity contribution in [1.29, 1.82) is 0 Å². The monoisotopic (exact) mass is 378 g/mol. The molecule has 28 heavy (non-hydrogen) atoms. The third kappa shape index (κ3) is 5.77. The van der Waals surface area contributed by atoms with Gasteiger partial charge in [0.1, 0.15) is 5.82 Å². The van der Waals surface area contributed by atoms with Crippen LogP contribution in [-0.4, -0.2) is 5.11 Å². The highest BCUT2D eigenvalue weighted by Gasteiger charge is 2.08. The zero-order chi connectivity index (χ0) is 20.4. The first kappa shape index (κ1) is 21.8. The summed E-state index contributed by atoms with van der Waals surface area (Å²) in [7, 11) is 0. The molecule has 0 amide bonds. The molecule has 148 valence electrons. The Kier molecular flexibility index (Phi) is 8.90. The maximum Gasteiger partial charge on any atom is 0.131 e. The van der Waals surface area contributed by atoms with E-state index >= 15 is 0 Å². The molecule has 0 saturated heterocycles. The van der Waals surface area contributed by atoms with Crippen LogP contribution in [0.25, 0.3) is 22.3 Å². The minimum absolute atomic E-state index is 0.00383. The average Bonchev–Trinajstić information content (AvgIpc) is 2.76. The lowest BCUT2D eigenvalue weighted by atomic mass is 9.97. The molecule has 0 heterocycles. The standard InChI is InChI=1S/C24H25FO.C2H6/c1-2-3-4-5-18-6-10-20(11-7-18)22-14-15-23(24(25)16-22)21-12-8-19(17-26)9-13-21;1-2/h6-16,26H,2-5,17H2,1H3;1-2H3. The number of benzene rings is 3. The molecule has 0 unspecified atom stereocenters. The second kappa shape index (κ2) is 11.4. The SMILES string of the molecule is CC.CCCCCc1ccc(-c2ccc(-c3ccc(CO)cc3)c(F)c2)cc1. The van der Waals surface area contributed by atoms with Crippen molar-refractivity contribution < 1.29 is 9.50 Å². The highest BCUT2D eigenvalue weighted by molar-refractivity contribution is 5.71. The van der Waals surface area contributed by atoms with Crippen LogP contribution < -0.4 is 0 Å². The van der Waals surface area contributed by atoms with Crippen LogP contribution in [0.15, 0.2) is 66.7 Å². The van der Waals surface area contributed by atoms with E-state index in [0.29, 0.717) is 5.56 Å². The zero-order valence-corrected chi connectivity index (χ0v) is 17.2. The molecule has 3 aromatic rings. The van der Waals surface area contributed by atoms with Gasteiger partial charge in [-0.3, -0.25) is 0 Å². The van der Waals surface area contributed by atoms with E-state index in [0.717, 1.165) is 28.7 Å². The van der Waals surface area contributed by atoms with Crippen LogP contribution in [0.5, 0.6) is 0 Å². The molecular formula is C26H31FO. The number of aliphatic hydroxyl groups is 1. The number of rotatable bonds is 7. The van der Waals surface area contributed by atoms with Crippen molar-refractivity contribution in [2.45, 2.75) is 53.1 Å². The Morgan fingerprint density at radius 3 is 1.86 bits per heavy atom. The van der Waals surface area contributed by atoms with Crippen molar-refractivity contribution >= 4 is 0 Å². The average molecular weight is 379 g/mol. The zero-order valence-electron chi connectivity index (χ0n) is 17.2. The van der Waals surface area contributed by atoms with Crippen LogP contribution >= 0.6 is 0 Å². The maximum absolute atomic E-state index is 14.6. The van der Waals surface area contributed by atoms with Crippen LogP contribution in [0.2, 0.25) is 0 Å². The van der Waals surface area contributed by atoms with Gasteiger partial charge in [-0.25, -0.2) is 4.39 Å². The highest BCUT2D eigenvalue weighted by Crippen LogP contribution is 2.28. The minimum Gasteiger partial charge on any atom is -0.392 e. The van der Waals surface area contributed by atoms with Gasteiger partial charge in [-0.05, 0) is 46.7 Å². The maximum atomic E-state index is 14.6. The molecule has 0 radical (unpaired) electrons. The first-order chi connectivity index (χ1) is 13.7. The predicted molar refractivity (Wildman–Crippen MR) is 118 cm³/mol. The van der Waals surface area contributed by atoms with Gasteiger partial charge in [-0.2, -0.15) is 0 Å². The summed E-state index contributed by atoms with van der Waals surface area (Å²) in [5.41, 5.74) is 5.48. The molecule has 0 bridgehead atoms.